The first-order chi connectivity index (χ1) is 14.2. The number of ether oxygens (including phenoxy) is 1. The molecule has 0 N–H and O–H groups in total. The average Bonchev–Trinajstić information content (AvgIpc) is 2.73. The molecule has 9 heteroatoms. The van der Waals surface area contributed by atoms with Gasteiger partial charge in [0.05, 0.1) is 28.4 Å². The van der Waals surface area contributed by atoms with Gasteiger partial charge in [-0.05, 0) is 30.7 Å². The SMILES string of the molecule is CCOC(=O)c1cc(-c2cccc(C(F)(F)F)c2)cnc1-c1cccc([N+](=O)[O-])c1. The van der Waals surface area contributed by atoms with Gasteiger partial charge in [0.15, 0.2) is 0 Å². The maximum Gasteiger partial charge on any atom is 0.416 e. The lowest BCUT2D eigenvalue weighted by Crippen LogP contribution is -2.08. The Bertz CT molecular complexity index is 1110. The van der Waals surface area contributed by atoms with Gasteiger partial charge in [-0.2, -0.15) is 13.2 Å². The van der Waals surface area contributed by atoms with Crippen LogP contribution in [0, 0.1) is 10.1 Å². The van der Waals surface area contributed by atoms with Crippen LogP contribution in [0.5, 0.6) is 0 Å². The van der Waals surface area contributed by atoms with Gasteiger partial charge in [0.2, 0.25) is 0 Å². The van der Waals surface area contributed by atoms with Gasteiger partial charge in [-0.1, -0.05) is 24.3 Å². The molecule has 1 aromatic heterocycles. The van der Waals surface area contributed by atoms with Gasteiger partial charge >= 0.3 is 12.1 Å². The summed E-state index contributed by atoms with van der Waals surface area (Å²) in [5.74, 6) is -0.736. The summed E-state index contributed by atoms with van der Waals surface area (Å²) in [6.07, 6.45) is -3.21. The molecule has 3 rings (SSSR count). The van der Waals surface area contributed by atoms with E-state index in [0.717, 1.165) is 12.1 Å². The van der Waals surface area contributed by atoms with Gasteiger partial charge in [-0.3, -0.25) is 15.1 Å². The van der Waals surface area contributed by atoms with Crippen molar-refractivity contribution < 1.29 is 27.6 Å². The van der Waals surface area contributed by atoms with Gasteiger partial charge in [0.1, 0.15) is 0 Å². The fourth-order valence-corrected chi connectivity index (χ4v) is 2.86. The smallest absolute Gasteiger partial charge is 0.416 e. The molecule has 0 fully saturated rings. The molecule has 0 bridgehead atoms. The normalized spacial score (nSPS) is 11.2. The number of nitro groups is 1. The summed E-state index contributed by atoms with van der Waals surface area (Å²) in [7, 11) is 0. The molecule has 30 heavy (non-hydrogen) atoms. The monoisotopic (exact) mass is 416 g/mol. The van der Waals surface area contributed by atoms with E-state index in [1.807, 2.05) is 0 Å². The molecular weight excluding hydrogens is 401 g/mol. The van der Waals surface area contributed by atoms with Crippen molar-refractivity contribution in [3.63, 3.8) is 0 Å². The molecular formula is C21H15F3N2O4. The fraction of sp³-hybridized carbons (Fsp3) is 0.143. The average molecular weight is 416 g/mol. The van der Waals surface area contributed by atoms with Gasteiger partial charge in [-0.25, -0.2) is 4.79 Å². The zero-order chi connectivity index (χ0) is 21.9. The number of benzene rings is 2. The zero-order valence-electron chi connectivity index (χ0n) is 15.6. The number of hydrogen-bond donors (Lipinski definition) is 0. The molecule has 2 aromatic carbocycles. The Balaban J connectivity index is 2.14. The molecule has 0 spiro atoms. The Kier molecular flexibility index (Phi) is 5.81. The maximum atomic E-state index is 13.0. The highest BCUT2D eigenvalue weighted by Crippen LogP contribution is 2.34. The lowest BCUT2D eigenvalue weighted by molar-refractivity contribution is -0.384. The number of nitrogens with zero attached hydrogens (tertiary/aromatic N) is 2. The third-order valence-electron chi connectivity index (χ3n) is 4.24. The van der Waals surface area contributed by atoms with Crippen molar-refractivity contribution in [3.05, 3.63) is 82.0 Å². The molecule has 6 nitrogen and oxygen atoms in total. The van der Waals surface area contributed by atoms with E-state index in [-0.39, 0.29) is 34.7 Å². The van der Waals surface area contributed by atoms with Crippen LogP contribution in [0.25, 0.3) is 22.4 Å². The Morgan fingerprint density at radius 2 is 1.77 bits per heavy atom. The quantitative estimate of drug-likeness (QED) is 0.311. The van der Waals surface area contributed by atoms with Gasteiger partial charge in [0.25, 0.3) is 5.69 Å². The van der Waals surface area contributed by atoms with Crippen molar-refractivity contribution in [3.8, 4) is 22.4 Å². The van der Waals surface area contributed by atoms with E-state index in [2.05, 4.69) is 4.98 Å². The molecule has 0 atom stereocenters. The minimum atomic E-state index is -4.52. The van der Waals surface area contributed by atoms with Crippen molar-refractivity contribution in [2.24, 2.45) is 0 Å². The minimum absolute atomic E-state index is 0.00717. The predicted octanol–water partition coefficient (Wildman–Crippen LogP) is 5.52. The molecule has 0 amide bonds. The number of non-ortho nitro benzene ring substituents is 1. The van der Waals surface area contributed by atoms with E-state index in [1.165, 1.54) is 42.6 Å². The number of pyridine rings is 1. The lowest BCUT2D eigenvalue weighted by atomic mass is 9.99. The Hall–Kier alpha value is -3.75. The summed E-state index contributed by atoms with van der Waals surface area (Å²) in [6, 6.07) is 11.5. The molecule has 0 aliphatic rings. The summed E-state index contributed by atoms with van der Waals surface area (Å²) in [6.45, 7) is 1.68. The number of carbonyl (C=O) groups excluding carboxylic acids is 1. The molecule has 0 saturated carbocycles. The second kappa shape index (κ2) is 8.32. The first-order valence-electron chi connectivity index (χ1n) is 8.80. The standard InChI is InChI=1S/C21H15F3N2O4/c1-2-30-20(27)18-11-15(13-5-3-7-16(9-13)21(22,23)24)12-25-19(18)14-6-4-8-17(10-14)26(28)29/h3-12H,2H2,1H3. The number of alkyl halides is 3. The van der Waals surface area contributed by atoms with Gasteiger partial charge < -0.3 is 4.74 Å². The highest BCUT2D eigenvalue weighted by Gasteiger charge is 2.30. The molecule has 3 aromatic rings. The highest BCUT2D eigenvalue weighted by atomic mass is 19.4. The molecule has 0 saturated heterocycles. The number of carbonyl (C=O) groups is 1. The van der Waals surface area contributed by atoms with Crippen molar-refractivity contribution in [1.82, 2.24) is 4.98 Å². The van der Waals surface area contributed by atoms with E-state index in [9.17, 15) is 28.1 Å². The molecule has 0 unspecified atom stereocenters. The third-order valence-corrected chi connectivity index (χ3v) is 4.24. The van der Waals surface area contributed by atoms with Crippen LogP contribution in [0.1, 0.15) is 22.8 Å². The summed E-state index contributed by atoms with van der Waals surface area (Å²) >= 11 is 0. The van der Waals surface area contributed by atoms with Crippen molar-refractivity contribution in [2.75, 3.05) is 6.61 Å². The minimum Gasteiger partial charge on any atom is -0.462 e. The Labute approximate surface area is 169 Å². The molecule has 1 heterocycles. The molecule has 154 valence electrons. The molecule has 0 aliphatic carbocycles. The second-order valence-corrected chi connectivity index (χ2v) is 6.23. The fourth-order valence-electron chi connectivity index (χ4n) is 2.86. The van der Waals surface area contributed by atoms with E-state index in [4.69, 9.17) is 4.74 Å². The maximum absolute atomic E-state index is 13.0. The summed E-state index contributed by atoms with van der Waals surface area (Å²) < 4.78 is 44.1. The largest absolute Gasteiger partial charge is 0.462 e. The number of esters is 1. The van der Waals surface area contributed by atoms with Crippen LogP contribution in [0.2, 0.25) is 0 Å². The zero-order valence-corrected chi connectivity index (χ0v) is 15.6. The third kappa shape index (κ3) is 4.45. The van der Waals surface area contributed by atoms with Crippen LogP contribution in [0.4, 0.5) is 18.9 Å². The Morgan fingerprint density at radius 3 is 2.43 bits per heavy atom. The van der Waals surface area contributed by atoms with Crippen molar-refractivity contribution in [1.29, 1.82) is 0 Å². The number of halogens is 3. The van der Waals surface area contributed by atoms with Crippen LogP contribution in [0.3, 0.4) is 0 Å². The second-order valence-electron chi connectivity index (χ2n) is 6.23. The number of rotatable bonds is 5. The number of hydrogen-bond acceptors (Lipinski definition) is 5. The summed E-state index contributed by atoms with van der Waals surface area (Å²) in [5, 5.41) is 11.1. The van der Waals surface area contributed by atoms with E-state index in [0.29, 0.717) is 5.56 Å². The first kappa shape index (κ1) is 21.0. The van der Waals surface area contributed by atoms with Crippen molar-refractivity contribution >= 4 is 11.7 Å². The first-order valence-corrected chi connectivity index (χ1v) is 8.80. The van der Waals surface area contributed by atoms with Crippen LogP contribution in [0.15, 0.2) is 60.8 Å². The molecule has 0 aliphatic heterocycles. The van der Waals surface area contributed by atoms with Crippen LogP contribution in [-0.4, -0.2) is 22.5 Å². The van der Waals surface area contributed by atoms with E-state index in [1.54, 1.807) is 13.0 Å². The number of nitro benzene ring substituents is 1. The summed E-state index contributed by atoms with van der Waals surface area (Å²) in [4.78, 5) is 27.2. The highest BCUT2D eigenvalue weighted by molar-refractivity contribution is 5.97. The van der Waals surface area contributed by atoms with Gasteiger partial charge in [-0.15, -0.1) is 0 Å². The van der Waals surface area contributed by atoms with Crippen molar-refractivity contribution in [2.45, 2.75) is 13.1 Å². The van der Waals surface area contributed by atoms with Crippen LogP contribution >= 0.6 is 0 Å². The summed E-state index contributed by atoms with van der Waals surface area (Å²) in [5.41, 5.74) is -0.0960. The topological polar surface area (TPSA) is 82.3 Å². The predicted molar refractivity (Wildman–Crippen MR) is 103 cm³/mol. The number of aromatic nitrogens is 1. The van der Waals surface area contributed by atoms with Gasteiger partial charge in [0, 0.05) is 29.5 Å². The van der Waals surface area contributed by atoms with E-state index >= 15 is 0 Å². The molecule has 0 radical (unpaired) electrons. The van der Waals surface area contributed by atoms with Crippen LogP contribution in [-0.2, 0) is 10.9 Å². The van der Waals surface area contributed by atoms with Crippen LogP contribution < -0.4 is 0 Å². The Morgan fingerprint density at radius 1 is 1.07 bits per heavy atom. The lowest BCUT2D eigenvalue weighted by Gasteiger charge is -2.12. The van der Waals surface area contributed by atoms with E-state index < -0.39 is 22.6 Å².